The predicted molar refractivity (Wildman–Crippen MR) is 88.8 cm³/mol. The lowest BCUT2D eigenvalue weighted by molar-refractivity contribution is 0.161. The first-order valence-electron chi connectivity index (χ1n) is 7.67. The average Bonchev–Trinajstić information content (AvgIpc) is 2.41. The fourth-order valence-electron chi connectivity index (χ4n) is 2.99. The Morgan fingerprint density at radius 1 is 1.10 bits per heavy atom. The molecule has 116 valence electrons. The molecule has 1 saturated carbocycles. The Hall–Kier alpha value is -1.22. The van der Waals surface area contributed by atoms with Gasteiger partial charge in [0, 0.05) is 16.8 Å². The Morgan fingerprint density at radius 2 is 1.67 bits per heavy atom. The molecule has 1 fully saturated rings. The number of rotatable bonds is 2. The Bertz CT molecular complexity index is 471. The predicted octanol–water partition coefficient (Wildman–Crippen LogP) is 5.07. The quantitative estimate of drug-likeness (QED) is 0.787. The molecule has 0 heterocycles. The lowest BCUT2D eigenvalue weighted by Gasteiger charge is -2.37. The molecule has 4 heteroatoms. The molecule has 0 unspecified atom stereocenters. The fourth-order valence-corrected chi connectivity index (χ4v) is 3.12. The first-order valence-corrected chi connectivity index (χ1v) is 8.05. The van der Waals surface area contributed by atoms with Crippen LogP contribution in [0.2, 0.25) is 5.02 Å². The maximum Gasteiger partial charge on any atom is 0.319 e. The smallest absolute Gasteiger partial charge is 0.319 e. The van der Waals surface area contributed by atoms with Crippen molar-refractivity contribution in [2.45, 2.75) is 52.5 Å². The summed E-state index contributed by atoms with van der Waals surface area (Å²) in [5, 5.41) is 6.59. The molecule has 0 radical (unpaired) electrons. The van der Waals surface area contributed by atoms with E-state index in [1.165, 1.54) is 12.8 Å². The van der Waals surface area contributed by atoms with Crippen molar-refractivity contribution in [1.82, 2.24) is 5.32 Å². The van der Waals surface area contributed by atoms with Crippen LogP contribution in [0.3, 0.4) is 0 Å². The van der Waals surface area contributed by atoms with Crippen molar-refractivity contribution in [2.75, 3.05) is 5.32 Å². The van der Waals surface area contributed by atoms with Gasteiger partial charge < -0.3 is 10.6 Å². The van der Waals surface area contributed by atoms with Crippen LogP contribution in [-0.2, 0) is 0 Å². The Balaban J connectivity index is 1.78. The summed E-state index contributed by atoms with van der Waals surface area (Å²) in [6.45, 7) is 6.91. The van der Waals surface area contributed by atoms with E-state index in [-0.39, 0.29) is 12.1 Å². The number of anilines is 1. The summed E-state index contributed by atoms with van der Waals surface area (Å²) >= 11 is 5.83. The van der Waals surface area contributed by atoms with E-state index in [9.17, 15) is 4.79 Å². The summed E-state index contributed by atoms with van der Waals surface area (Å²) in [6.07, 6.45) is 4.51. The van der Waals surface area contributed by atoms with Crippen LogP contribution >= 0.6 is 11.6 Å². The number of benzene rings is 1. The van der Waals surface area contributed by atoms with Gasteiger partial charge in [-0.15, -0.1) is 0 Å². The van der Waals surface area contributed by atoms with Gasteiger partial charge in [0.15, 0.2) is 0 Å². The minimum absolute atomic E-state index is 0.128. The highest BCUT2D eigenvalue weighted by atomic mass is 35.5. The Kier molecular flexibility index (Phi) is 5.15. The lowest BCUT2D eigenvalue weighted by Crippen LogP contribution is -2.41. The van der Waals surface area contributed by atoms with Gasteiger partial charge in [-0.1, -0.05) is 32.4 Å². The third-order valence-electron chi connectivity index (χ3n) is 4.39. The maximum atomic E-state index is 12.0. The second kappa shape index (κ2) is 6.69. The average molecular weight is 309 g/mol. The largest absolute Gasteiger partial charge is 0.335 e. The van der Waals surface area contributed by atoms with Gasteiger partial charge in [-0.05, 0) is 61.3 Å². The number of carbonyl (C=O) groups is 1. The van der Waals surface area contributed by atoms with E-state index in [4.69, 9.17) is 11.6 Å². The second-order valence-electron chi connectivity index (χ2n) is 7.02. The number of urea groups is 1. The van der Waals surface area contributed by atoms with Crippen molar-refractivity contribution in [3.8, 4) is 0 Å². The SMILES string of the molecule is CC(C)(C)C1CCC(NC(=O)Nc2ccc(Cl)cc2)CC1. The summed E-state index contributed by atoms with van der Waals surface area (Å²) in [4.78, 5) is 12.0. The third kappa shape index (κ3) is 4.92. The molecule has 3 nitrogen and oxygen atoms in total. The van der Waals surface area contributed by atoms with Gasteiger partial charge in [-0.2, -0.15) is 0 Å². The van der Waals surface area contributed by atoms with Crippen molar-refractivity contribution < 1.29 is 4.79 Å². The van der Waals surface area contributed by atoms with Gasteiger partial charge >= 0.3 is 6.03 Å². The van der Waals surface area contributed by atoms with Gasteiger partial charge in [0.2, 0.25) is 0 Å². The minimum atomic E-state index is -0.128. The third-order valence-corrected chi connectivity index (χ3v) is 4.64. The molecule has 0 saturated heterocycles. The molecule has 0 bridgehead atoms. The van der Waals surface area contributed by atoms with Gasteiger partial charge in [-0.3, -0.25) is 0 Å². The molecular weight excluding hydrogens is 284 g/mol. The zero-order chi connectivity index (χ0) is 15.5. The van der Waals surface area contributed by atoms with Gasteiger partial charge in [-0.25, -0.2) is 4.79 Å². The zero-order valence-corrected chi connectivity index (χ0v) is 13.8. The summed E-state index contributed by atoms with van der Waals surface area (Å²) < 4.78 is 0. The van der Waals surface area contributed by atoms with E-state index >= 15 is 0 Å². The number of carbonyl (C=O) groups excluding carboxylic acids is 1. The molecule has 0 spiro atoms. The van der Waals surface area contributed by atoms with Crippen molar-refractivity contribution in [3.63, 3.8) is 0 Å². The molecular formula is C17H25ClN2O. The van der Waals surface area contributed by atoms with Crippen molar-refractivity contribution >= 4 is 23.3 Å². The molecule has 2 amide bonds. The van der Waals surface area contributed by atoms with Crippen LogP contribution in [0.25, 0.3) is 0 Å². The molecule has 2 N–H and O–H groups in total. The number of amides is 2. The molecule has 21 heavy (non-hydrogen) atoms. The van der Waals surface area contributed by atoms with Crippen LogP contribution in [0.4, 0.5) is 10.5 Å². The fraction of sp³-hybridized carbons (Fsp3) is 0.588. The maximum absolute atomic E-state index is 12.0. The minimum Gasteiger partial charge on any atom is -0.335 e. The Morgan fingerprint density at radius 3 is 2.19 bits per heavy atom. The first kappa shape index (κ1) is 16.2. The van der Waals surface area contributed by atoms with Gasteiger partial charge in [0.1, 0.15) is 0 Å². The van der Waals surface area contributed by atoms with Crippen molar-refractivity contribution in [2.24, 2.45) is 11.3 Å². The zero-order valence-electron chi connectivity index (χ0n) is 13.1. The van der Waals surface area contributed by atoms with Crippen LogP contribution in [0, 0.1) is 11.3 Å². The highest BCUT2D eigenvalue weighted by Crippen LogP contribution is 2.37. The van der Waals surface area contributed by atoms with E-state index < -0.39 is 0 Å². The first-order chi connectivity index (χ1) is 9.84. The van der Waals surface area contributed by atoms with Crippen LogP contribution in [0.15, 0.2) is 24.3 Å². The number of hydrogen-bond acceptors (Lipinski definition) is 1. The molecule has 0 aromatic heterocycles. The number of hydrogen-bond donors (Lipinski definition) is 2. The molecule has 1 aliphatic rings. The van der Waals surface area contributed by atoms with Gasteiger partial charge in [0.25, 0.3) is 0 Å². The highest BCUT2D eigenvalue weighted by Gasteiger charge is 2.30. The van der Waals surface area contributed by atoms with E-state index in [1.54, 1.807) is 24.3 Å². The summed E-state index contributed by atoms with van der Waals surface area (Å²) in [5.41, 5.74) is 1.14. The van der Waals surface area contributed by atoms with Crippen molar-refractivity contribution in [3.05, 3.63) is 29.3 Å². The normalized spacial score (nSPS) is 22.7. The molecule has 1 aliphatic carbocycles. The summed E-state index contributed by atoms with van der Waals surface area (Å²) in [7, 11) is 0. The number of nitrogens with one attached hydrogen (secondary N) is 2. The van der Waals surface area contributed by atoms with Crippen LogP contribution < -0.4 is 10.6 Å². The molecule has 0 aliphatic heterocycles. The second-order valence-corrected chi connectivity index (χ2v) is 7.46. The van der Waals surface area contributed by atoms with E-state index in [2.05, 4.69) is 31.4 Å². The van der Waals surface area contributed by atoms with Crippen LogP contribution in [-0.4, -0.2) is 12.1 Å². The Labute approximate surface area is 132 Å². The van der Waals surface area contributed by atoms with E-state index in [1.807, 2.05) is 0 Å². The standard InChI is InChI=1S/C17H25ClN2O/c1-17(2,3)12-4-8-14(9-5-12)19-16(21)20-15-10-6-13(18)7-11-15/h6-7,10-12,14H,4-5,8-9H2,1-3H3,(H2,19,20,21). The lowest BCUT2D eigenvalue weighted by atomic mass is 9.71. The van der Waals surface area contributed by atoms with E-state index in [0.717, 1.165) is 24.4 Å². The van der Waals surface area contributed by atoms with Gasteiger partial charge in [0.05, 0.1) is 0 Å². The molecule has 1 aromatic rings. The monoisotopic (exact) mass is 308 g/mol. The number of halogens is 1. The topological polar surface area (TPSA) is 41.1 Å². The van der Waals surface area contributed by atoms with Crippen LogP contribution in [0.1, 0.15) is 46.5 Å². The van der Waals surface area contributed by atoms with Crippen LogP contribution in [0.5, 0.6) is 0 Å². The summed E-state index contributed by atoms with van der Waals surface area (Å²) in [5.74, 6) is 0.759. The van der Waals surface area contributed by atoms with Crippen molar-refractivity contribution in [1.29, 1.82) is 0 Å². The molecule has 1 aromatic carbocycles. The highest BCUT2D eigenvalue weighted by molar-refractivity contribution is 6.30. The summed E-state index contributed by atoms with van der Waals surface area (Å²) in [6, 6.07) is 7.31. The molecule has 2 rings (SSSR count). The van der Waals surface area contributed by atoms with E-state index in [0.29, 0.717) is 10.4 Å². The molecule has 0 atom stereocenters.